The van der Waals surface area contributed by atoms with Crippen molar-refractivity contribution in [1.29, 1.82) is 0 Å². The molecule has 1 saturated heterocycles. The lowest BCUT2D eigenvalue weighted by molar-refractivity contribution is -0.135. The monoisotopic (exact) mass is 457 g/mol. The van der Waals surface area contributed by atoms with Crippen molar-refractivity contribution in [1.82, 2.24) is 29.4 Å². The van der Waals surface area contributed by atoms with Crippen LogP contribution in [0.25, 0.3) is 16.6 Å². The van der Waals surface area contributed by atoms with E-state index >= 15 is 0 Å². The van der Waals surface area contributed by atoms with Crippen LogP contribution in [0.5, 0.6) is 0 Å². The van der Waals surface area contributed by atoms with Crippen LogP contribution >= 0.6 is 0 Å². The molecule has 0 unspecified atom stereocenters. The van der Waals surface area contributed by atoms with Gasteiger partial charge in [-0.2, -0.15) is 10.2 Å². The van der Waals surface area contributed by atoms with Crippen LogP contribution in [-0.4, -0.2) is 61.5 Å². The number of piperazine rings is 1. The Kier molecular flexibility index (Phi) is 5.61. The third-order valence-electron chi connectivity index (χ3n) is 6.43. The van der Waals surface area contributed by atoms with Gasteiger partial charge < -0.3 is 9.80 Å². The van der Waals surface area contributed by atoms with Gasteiger partial charge in [0.05, 0.1) is 22.5 Å². The summed E-state index contributed by atoms with van der Waals surface area (Å²) in [4.78, 5) is 35.2. The molecular formula is C25H27N7O2. The number of carbonyl (C=O) groups excluding carboxylic acids is 1. The average Bonchev–Trinajstić information content (AvgIpc) is 3.24. The number of fused-ring (bicyclic) bond motifs is 1. The summed E-state index contributed by atoms with van der Waals surface area (Å²) in [6, 6.07) is 14.8. The number of aromatic nitrogens is 5. The highest BCUT2D eigenvalue weighted by Gasteiger charge is 2.29. The zero-order chi connectivity index (χ0) is 23.8. The van der Waals surface area contributed by atoms with E-state index in [1.54, 1.807) is 22.7 Å². The van der Waals surface area contributed by atoms with Crippen molar-refractivity contribution in [3.63, 3.8) is 0 Å². The van der Waals surface area contributed by atoms with Gasteiger partial charge in [0.15, 0.2) is 0 Å². The van der Waals surface area contributed by atoms with Gasteiger partial charge in [0.1, 0.15) is 17.4 Å². The van der Waals surface area contributed by atoms with E-state index in [0.717, 1.165) is 17.2 Å². The number of rotatable bonds is 4. The maximum atomic E-state index is 13.5. The Bertz CT molecular complexity index is 1390. The molecule has 4 aromatic rings. The molecule has 174 valence electrons. The van der Waals surface area contributed by atoms with Gasteiger partial charge >= 0.3 is 0 Å². The van der Waals surface area contributed by atoms with Gasteiger partial charge in [0.2, 0.25) is 5.91 Å². The van der Waals surface area contributed by atoms with Gasteiger partial charge in [-0.15, -0.1) is 0 Å². The molecule has 0 aliphatic carbocycles. The Hall–Kier alpha value is -4.01. The molecule has 0 radical (unpaired) electrons. The minimum atomic E-state index is -0.712. The van der Waals surface area contributed by atoms with Crippen LogP contribution in [0.1, 0.15) is 24.4 Å². The molecule has 1 fully saturated rings. The molecule has 9 heteroatoms. The van der Waals surface area contributed by atoms with Gasteiger partial charge in [-0.1, -0.05) is 24.3 Å². The number of hydrogen-bond donors (Lipinski definition) is 0. The van der Waals surface area contributed by atoms with Crippen molar-refractivity contribution in [2.45, 2.75) is 26.8 Å². The van der Waals surface area contributed by atoms with E-state index in [1.165, 1.54) is 4.68 Å². The molecule has 1 atom stereocenters. The summed E-state index contributed by atoms with van der Waals surface area (Å²) in [5.74, 6) is 0.801. The molecule has 0 bridgehead atoms. The Morgan fingerprint density at radius 2 is 1.65 bits per heavy atom. The fourth-order valence-corrected chi connectivity index (χ4v) is 4.53. The molecule has 1 aliphatic rings. The van der Waals surface area contributed by atoms with Crippen molar-refractivity contribution >= 4 is 22.6 Å². The Morgan fingerprint density at radius 3 is 2.32 bits per heavy atom. The van der Waals surface area contributed by atoms with E-state index in [2.05, 4.69) is 20.1 Å². The molecule has 1 aliphatic heterocycles. The van der Waals surface area contributed by atoms with Crippen molar-refractivity contribution in [2.24, 2.45) is 0 Å². The summed E-state index contributed by atoms with van der Waals surface area (Å²) < 4.78 is 3.07. The highest BCUT2D eigenvalue weighted by molar-refractivity contribution is 5.84. The van der Waals surface area contributed by atoms with E-state index < -0.39 is 6.04 Å². The molecule has 0 N–H and O–H groups in total. The predicted octanol–water partition coefficient (Wildman–Crippen LogP) is 2.50. The van der Waals surface area contributed by atoms with E-state index in [-0.39, 0.29) is 11.5 Å². The Morgan fingerprint density at radius 1 is 0.941 bits per heavy atom. The second-order valence-corrected chi connectivity index (χ2v) is 8.57. The molecule has 0 saturated carbocycles. The first-order chi connectivity index (χ1) is 16.5. The lowest BCUT2D eigenvalue weighted by Crippen LogP contribution is -2.51. The number of benzene rings is 1. The number of amides is 1. The van der Waals surface area contributed by atoms with E-state index in [9.17, 15) is 9.59 Å². The minimum absolute atomic E-state index is 0.109. The highest BCUT2D eigenvalue weighted by atomic mass is 16.2. The summed E-state index contributed by atoms with van der Waals surface area (Å²) in [6.45, 7) is 7.96. The number of carbonyl (C=O) groups is 1. The molecule has 1 aromatic carbocycles. The van der Waals surface area contributed by atoms with Crippen LogP contribution in [0.4, 0.5) is 5.82 Å². The normalized spacial score (nSPS) is 15.0. The number of anilines is 1. The molecule has 5 rings (SSSR count). The first-order valence-corrected chi connectivity index (χ1v) is 11.4. The first-order valence-electron chi connectivity index (χ1n) is 11.4. The predicted molar refractivity (Wildman–Crippen MR) is 130 cm³/mol. The molecular weight excluding hydrogens is 430 g/mol. The van der Waals surface area contributed by atoms with Crippen LogP contribution in [0.15, 0.2) is 59.5 Å². The quantitative estimate of drug-likeness (QED) is 0.468. The number of pyridine rings is 1. The van der Waals surface area contributed by atoms with Gasteiger partial charge in [-0.25, -0.2) is 14.3 Å². The van der Waals surface area contributed by atoms with Crippen molar-refractivity contribution in [3.8, 4) is 5.69 Å². The average molecular weight is 458 g/mol. The molecule has 1 amide bonds. The fraction of sp³-hybridized carbons (Fsp3) is 0.320. The molecule has 3 aromatic heterocycles. The van der Waals surface area contributed by atoms with Crippen LogP contribution in [0, 0.1) is 13.8 Å². The zero-order valence-electron chi connectivity index (χ0n) is 19.5. The van der Waals surface area contributed by atoms with Gasteiger partial charge in [-0.05, 0) is 45.0 Å². The number of nitrogens with zero attached hydrogens (tertiary/aromatic N) is 7. The maximum absolute atomic E-state index is 13.5. The van der Waals surface area contributed by atoms with E-state index in [4.69, 9.17) is 0 Å². The molecule has 4 heterocycles. The summed E-state index contributed by atoms with van der Waals surface area (Å²) in [7, 11) is 0. The van der Waals surface area contributed by atoms with Crippen LogP contribution in [0.2, 0.25) is 0 Å². The highest BCUT2D eigenvalue weighted by Crippen LogP contribution is 2.21. The fourth-order valence-electron chi connectivity index (χ4n) is 4.53. The minimum Gasteiger partial charge on any atom is -0.353 e. The Balaban J connectivity index is 1.42. The summed E-state index contributed by atoms with van der Waals surface area (Å²) in [5, 5.41) is 9.63. The lowest BCUT2D eigenvalue weighted by Gasteiger charge is -2.36. The van der Waals surface area contributed by atoms with Crippen LogP contribution in [-0.2, 0) is 4.79 Å². The smallest absolute Gasteiger partial charge is 0.278 e. The SMILES string of the molecule is Cc1nn([C@H](C)C(=O)N2CCN(c3ccccn3)CC2)c(=O)c2c(C)n(-c3ccccc3)nc12. The summed E-state index contributed by atoms with van der Waals surface area (Å²) in [6.07, 6.45) is 1.77. The van der Waals surface area contributed by atoms with E-state index in [1.807, 2.05) is 62.4 Å². The summed E-state index contributed by atoms with van der Waals surface area (Å²) in [5.41, 5.74) is 2.48. The largest absolute Gasteiger partial charge is 0.353 e. The van der Waals surface area contributed by atoms with E-state index in [0.29, 0.717) is 42.8 Å². The summed E-state index contributed by atoms with van der Waals surface area (Å²) >= 11 is 0. The third kappa shape index (κ3) is 3.72. The van der Waals surface area contributed by atoms with Crippen LogP contribution < -0.4 is 10.5 Å². The van der Waals surface area contributed by atoms with Crippen LogP contribution in [0.3, 0.4) is 0 Å². The zero-order valence-corrected chi connectivity index (χ0v) is 19.5. The second kappa shape index (κ2) is 8.74. The van der Waals surface area contributed by atoms with Gasteiger partial charge in [-0.3, -0.25) is 9.59 Å². The first kappa shape index (κ1) is 21.8. The molecule has 34 heavy (non-hydrogen) atoms. The van der Waals surface area contributed by atoms with Gasteiger partial charge in [0, 0.05) is 32.4 Å². The molecule has 0 spiro atoms. The van der Waals surface area contributed by atoms with Crippen molar-refractivity contribution in [2.75, 3.05) is 31.1 Å². The van der Waals surface area contributed by atoms with Crippen molar-refractivity contribution < 1.29 is 4.79 Å². The second-order valence-electron chi connectivity index (χ2n) is 8.57. The number of hydrogen-bond acceptors (Lipinski definition) is 6. The Labute approximate surface area is 197 Å². The standard InChI is InChI=1S/C25H27N7O2/c1-17-23-22(18(2)31(28-23)20-9-5-4-6-10-20)25(34)32(27-17)19(3)24(33)30-15-13-29(14-16-30)21-11-7-8-12-26-21/h4-12,19H,13-16H2,1-3H3/t19-/m1/s1. The molecule has 9 nitrogen and oxygen atoms in total. The van der Waals surface area contributed by atoms with Gasteiger partial charge in [0.25, 0.3) is 5.56 Å². The number of para-hydroxylation sites is 1. The maximum Gasteiger partial charge on any atom is 0.278 e. The third-order valence-corrected chi connectivity index (χ3v) is 6.43. The number of aryl methyl sites for hydroxylation is 2. The topological polar surface area (TPSA) is 89.2 Å². The van der Waals surface area contributed by atoms with Crippen molar-refractivity contribution in [3.05, 3.63) is 76.5 Å². The lowest BCUT2D eigenvalue weighted by atomic mass is 10.2.